The van der Waals surface area contributed by atoms with E-state index in [2.05, 4.69) is 18.0 Å². The van der Waals surface area contributed by atoms with Crippen LogP contribution >= 0.6 is 0 Å². The monoisotopic (exact) mass is 370 g/mol. The third-order valence-corrected chi connectivity index (χ3v) is 5.37. The molecule has 5 nitrogen and oxygen atoms in total. The molecule has 3 aromatic rings. The van der Waals surface area contributed by atoms with Crippen molar-refractivity contribution in [2.24, 2.45) is 5.92 Å². The molecule has 2 aromatic heterocycles. The van der Waals surface area contributed by atoms with Crippen LogP contribution in [0.1, 0.15) is 36.1 Å². The number of para-hydroxylation sites is 1. The van der Waals surface area contributed by atoms with E-state index in [0.717, 1.165) is 35.1 Å². The topological polar surface area (TPSA) is 69.9 Å². The lowest BCUT2D eigenvalue weighted by molar-refractivity contribution is -0.132. The Bertz CT molecular complexity index is 1040. The summed E-state index contributed by atoms with van der Waals surface area (Å²) in [7, 11) is 0. The minimum absolute atomic E-state index is 0.128. The van der Waals surface area contributed by atoms with E-state index < -0.39 is 0 Å². The molecule has 1 aliphatic rings. The molecule has 0 saturated carbocycles. The minimum Gasteiger partial charge on any atom is -0.341 e. The summed E-state index contributed by atoms with van der Waals surface area (Å²) in [5.41, 5.74) is 3.23. The lowest BCUT2D eigenvalue weighted by Gasteiger charge is -2.36. The second-order valence-electron chi connectivity index (χ2n) is 7.60. The molecule has 0 N–H and O–H groups in total. The molecule has 1 saturated heterocycles. The summed E-state index contributed by atoms with van der Waals surface area (Å²) in [5, 5.41) is 10.4. The average Bonchev–Trinajstić information content (AvgIpc) is 2.73. The zero-order valence-corrected chi connectivity index (χ0v) is 15.9. The number of piperidine rings is 1. The molecular formula is C23H22N4O. The van der Waals surface area contributed by atoms with Crippen LogP contribution in [0, 0.1) is 17.2 Å². The lowest BCUT2D eigenvalue weighted by Crippen LogP contribution is -2.43. The first-order valence-electron chi connectivity index (χ1n) is 9.60. The van der Waals surface area contributed by atoms with Gasteiger partial charge < -0.3 is 4.90 Å². The lowest BCUT2D eigenvalue weighted by atomic mass is 9.87. The molecule has 0 bridgehead atoms. The van der Waals surface area contributed by atoms with Crippen LogP contribution in [0.2, 0.25) is 0 Å². The van der Waals surface area contributed by atoms with Crippen molar-refractivity contribution in [3.8, 4) is 6.07 Å². The maximum absolute atomic E-state index is 12.8. The van der Waals surface area contributed by atoms with Crippen LogP contribution in [0.25, 0.3) is 10.9 Å². The Balaban J connectivity index is 1.57. The van der Waals surface area contributed by atoms with E-state index >= 15 is 0 Å². The number of likely N-dealkylation sites (tertiary alicyclic amines) is 1. The van der Waals surface area contributed by atoms with Crippen molar-refractivity contribution in [2.45, 2.75) is 25.7 Å². The molecule has 1 amide bonds. The van der Waals surface area contributed by atoms with E-state index in [9.17, 15) is 10.1 Å². The molecule has 0 unspecified atom stereocenters. The zero-order valence-electron chi connectivity index (χ0n) is 15.9. The molecule has 1 fully saturated rings. The van der Waals surface area contributed by atoms with Gasteiger partial charge in [0.1, 0.15) is 6.07 Å². The number of fused-ring (bicyclic) bond motifs is 1. The highest BCUT2D eigenvalue weighted by atomic mass is 16.2. The predicted molar refractivity (Wildman–Crippen MR) is 108 cm³/mol. The molecule has 28 heavy (non-hydrogen) atoms. The van der Waals surface area contributed by atoms with Crippen LogP contribution in [0.15, 0.2) is 54.9 Å². The number of amides is 1. The molecule has 5 heteroatoms. The summed E-state index contributed by atoms with van der Waals surface area (Å²) in [6.07, 6.45) is 4.83. The van der Waals surface area contributed by atoms with Gasteiger partial charge in [-0.3, -0.25) is 14.8 Å². The van der Waals surface area contributed by atoms with Crippen LogP contribution in [-0.4, -0.2) is 33.9 Å². The van der Waals surface area contributed by atoms with Crippen molar-refractivity contribution < 1.29 is 4.79 Å². The number of nitriles is 1. The number of carbonyl (C=O) groups is 1. The van der Waals surface area contributed by atoms with Crippen LogP contribution in [0.3, 0.4) is 0 Å². The van der Waals surface area contributed by atoms with Gasteiger partial charge in [0, 0.05) is 42.5 Å². The maximum Gasteiger partial charge on any atom is 0.227 e. The van der Waals surface area contributed by atoms with E-state index in [4.69, 9.17) is 4.98 Å². The molecule has 3 heterocycles. The second-order valence-corrected chi connectivity index (χ2v) is 7.60. The zero-order chi connectivity index (χ0) is 19.5. The summed E-state index contributed by atoms with van der Waals surface area (Å²) in [6.45, 7) is 3.61. The number of benzene rings is 1. The summed E-state index contributed by atoms with van der Waals surface area (Å²) < 4.78 is 0. The van der Waals surface area contributed by atoms with Gasteiger partial charge in [-0.1, -0.05) is 31.2 Å². The van der Waals surface area contributed by atoms with Crippen molar-refractivity contribution >= 4 is 16.8 Å². The largest absolute Gasteiger partial charge is 0.341 e. The number of hydrogen-bond donors (Lipinski definition) is 0. The Morgan fingerprint density at radius 2 is 2.11 bits per heavy atom. The number of carbonyl (C=O) groups excluding carboxylic acids is 1. The number of nitrogens with zero attached hydrogens (tertiary/aromatic N) is 4. The third-order valence-electron chi connectivity index (χ3n) is 5.37. The third kappa shape index (κ3) is 3.72. The highest BCUT2D eigenvalue weighted by molar-refractivity contribution is 5.84. The number of aromatic nitrogens is 2. The van der Waals surface area contributed by atoms with Gasteiger partial charge in [-0.05, 0) is 36.1 Å². The maximum atomic E-state index is 12.8. The van der Waals surface area contributed by atoms with Crippen molar-refractivity contribution in [2.75, 3.05) is 13.1 Å². The Morgan fingerprint density at radius 1 is 1.21 bits per heavy atom. The van der Waals surface area contributed by atoms with Gasteiger partial charge >= 0.3 is 0 Å². The van der Waals surface area contributed by atoms with Gasteiger partial charge in [0.2, 0.25) is 5.91 Å². The van der Waals surface area contributed by atoms with Crippen LogP contribution in [0.5, 0.6) is 0 Å². The highest BCUT2D eigenvalue weighted by Crippen LogP contribution is 2.31. The Kier molecular flexibility index (Phi) is 5.03. The number of pyridine rings is 2. The summed E-state index contributed by atoms with van der Waals surface area (Å²) in [5.74, 6) is 0.709. The highest BCUT2D eigenvalue weighted by Gasteiger charge is 2.29. The fraction of sp³-hybridized carbons (Fsp3) is 0.304. The van der Waals surface area contributed by atoms with Crippen LogP contribution < -0.4 is 0 Å². The summed E-state index contributed by atoms with van der Waals surface area (Å²) >= 11 is 0. The van der Waals surface area contributed by atoms with Gasteiger partial charge in [0.25, 0.3) is 0 Å². The first-order chi connectivity index (χ1) is 13.6. The second kappa shape index (κ2) is 7.77. The molecule has 0 spiro atoms. The average molecular weight is 370 g/mol. The fourth-order valence-corrected chi connectivity index (χ4v) is 4.04. The van der Waals surface area contributed by atoms with E-state index in [1.807, 2.05) is 41.3 Å². The van der Waals surface area contributed by atoms with Crippen molar-refractivity contribution in [3.63, 3.8) is 0 Å². The molecule has 2 atom stereocenters. The molecule has 1 aliphatic heterocycles. The molecule has 0 aliphatic carbocycles. The first-order valence-corrected chi connectivity index (χ1v) is 9.60. The minimum atomic E-state index is 0.128. The van der Waals surface area contributed by atoms with Crippen molar-refractivity contribution in [3.05, 3.63) is 71.7 Å². The van der Waals surface area contributed by atoms with E-state index in [0.29, 0.717) is 24.4 Å². The quantitative estimate of drug-likeness (QED) is 0.705. The fourth-order valence-electron chi connectivity index (χ4n) is 4.04. The van der Waals surface area contributed by atoms with Gasteiger partial charge in [0.15, 0.2) is 0 Å². The molecule has 4 rings (SSSR count). The number of rotatable bonds is 3. The van der Waals surface area contributed by atoms with E-state index in [-0.39, 0.29) is 11.8 Å². The molecule has 1 aromatic carbocycles. The molecule has 140 valence electrons. The van der Waals surface area contributed by atoms with Gasteiger partial charge in [0.05, 0.1) is 17.5 Å². The van der Waals surface area contributed by atoms with Crippen molar-refractivity contribution in [1.29, 1.82) is 5.26 Å². The number of hydrogen-bond acceptors (Lipinski definition) is 4. The molecule has 0 radical (unpaired) electrons. The Labute approximate surface area is 164 Å². The smallest absolute Gasteiger partial charge is 0.227 e. The van der Waals surface area contributed by atoms with Gasteiger partial charge in [-0.2, -0.15) is 5.26 Å². The predicted octanol–water partition coefficient (Wildman–Crippen LogP) is 3.70. The summed E-state index contributed by atoms with van der Waals surface area (Å²) in [4.78, 5) is 23.7. The van der Waals surface area contributed by atoms with E-state index in [1.165, 1.54) is 0 Å². The normalized spacial score (nSPS) is 19.4. The van der Waals surface area contributed by atoms with Gasteiger partial charge in [-0.15, -0.1) is 0 Å². The molecular weight excluding hydrogens is 348 g/mol. The first kappa shape index (κ1) is 18.1. The Hall–Kier alpha value is -3.26. The standard InChI is InChI=1S/C23H22N4O/c1-16-10-20(15-27(14-16)22(28)11-17-4-3-9-25-13-17)21-8-7-18-5-2-6-19(12-24)23(18)26-21/h2-9,13,16,20H,10-11,14-15H2,1H3/t16-,20+/m1/s1. The van der Waals surface area contributed by atoms with Gasteiger partial charge in [-0.25, -0.2) is 0 Å². The van der Waals surface area contributed by atoms with Crippen molar-refractivity contribution in [1.82, 2.24) is 14.9 Å². The summed E-state index contributed by atoms with van der Waals surface area (Å²) in [6, 6.07) is 15.7. The Morgan fingerprint density at radius 3 is 2.89 bits per heavy atom. The van der Waals surface area contributed by atoms with E-state index in [1.54, 1.807) is 18.5 Å². The SMILES string of the molecule is C[C@@H]1C[C@H](c2ccc3cccc(C#N)c3n2)CN(C(=O)Cc2cccnc2)C1. The van der Waals surface area contributed by atoms with Crippen LogP contribution in [0.4, 0.5) is 0 Å². The van der Waals surface area contributed by atoms with Crippen LogP contribution in [-0.2, 0) is 11.2 Å².